The first-order valence-corrected chi connectivity index (χ1v) is 3.12. The Balaban J connectivity index is 2.12. The summed E-state index contributed by atoms with van der Waals surface area (Å²) in [5.74, 6) is 0. The predicted octanol–water partition coefficient (Wildman–Crippen LogP) is -0.995. The summed E-state index contributed by atoms with van der Waals surface area (Å²) in [6.07, 6.45) is 2.15. The van der Waals surface area contributed by atoms with Crippen molar-refractivity contribution < 1.29 is 4.79 Å². The van der Waals surface area contributed by atoms with Crippen molar-refractivity contribution in [3.8, 4) is 0 Å². The molecule has 1 rings (SSSR count). The van der Waals surface area contributed by atoms with Crippen molar-refractivity contribution >= 4 is 18.0 Å². The number of urea groups is 1. The molecule has 0 aromatic heterocycles. The van der Waals surface area contributed by atoms with Gasteiger partial charge in [0.25, 0.3) is 0 Å². The van der Waals surface area contributed by atoms with E-state index in [0.717, 1.165) is 5.71 Å². The summed E-state index contributed by atoms with van der Waals surface area (Å²) in [4.78, 5) is 10.2. The number of nitrogens with two attached hydrogens (primary N) is 1. The highest BCUT2D eigenvalue weighted by Crippen LogP contribution is 1.88. The largest absolute Gasteiger partial charge is 0.352 e. The average Bonchev–Trinajstić information content (AvgIpc) is 2.39. The Labute approximate surface area is 63.5 Å². The molecule has 0 spiro atoms. The number of hydrogen-bond acceptors (Lipinski definition) is 3. The van der Waals surface area contributed by atoms with Gasteiger partial charge in [-0.3, -0.25) is 0 Å². The number of rotatable bonds is 3. The minimum Gasteiger partial charge on any atom is -0.352 e. The third-order valence-electron chi connectivity index (χ3n) is 1.11. The van der Waals surface area contributed by atoms with Crippen LogP contribution in [0.1, 0.15) is 6.42 Å². The zero-order valence-corrected chi connectivity index (χ0v) is 5.82. The van der Waals surface area contributed by atoms with E-state index in [1.54, 1.807) is 6.21 Å². The van der Waals surface area contributed by atoms with Crippen molar-refractivity contribution in [3.05, 3.63) is 0 Å². The lowest BCUT2D eigenvalue weighted by Gasteiger charge is -1.97. The maximum Gasteiger partial charge on any atom is 0.312 e. The predicted molar refractivity (Wildman–Crippen MR) is 40.3 cm³/mol. The van der Waals surface area contributed by atoms with Gasteiger partial charge < -0.3 is 11.1 Å². The lowest BCUT2D eigenvalue weighted by molar-refractivity contribution is 0.249. The standard InChI is InChI=1S/C5H8N5O/c6-5(11)7-2-1-4-3-8-10-9-4/h3H,1-2H2,(H3,6,7,11). The van der Waals surface area contributed by atoms with Gasteiger partial charge in [-0.25, -0.2) is 4.79 Å². The van der Waals surface area contributed by atoms with Crippen molar-refractivity contribution in [2.45, 2.75) is 6.42 Å². The maximum absolute atomic E-state index is 10.2. The summed E-state index contributed by atoms with van der Waals surface area (Å²) < 4.78 is 0. The normalized spacial score (nSPS) is 14.0. The van der Waals surface area contributed by atoms with E-state index in [4.69, 9.17) is 5.73 Å². The average molecular weight is 154 g/mol. The van der Waals surface area contributed by atoms with Crippen LogP contribution in [-0.2, 0) is 0 Å². The molecule has 1 aliphatic rings. The fourth-order valence-electron chi connectivity index (χ4n) is 0.630. The highest BCUT2D eigenvalue weighted by molar-refractivity contribution is 6.31. The number of amides is 2. The zero-order valence-electron chi connectivity index (χ0n) is 5.82. The monoisotopic (exact) mass is 154 g/mol. The lowest BCUT2D eigenvalue weighted by atomic mass is 10.3. The van der Waals surface area contributed by atoms with Gasteiger partial charge in [-0.05, 0) is 5.53 Å². The number of primary amides is 1. The van der Waals surface area contributed by atoms with Crippen LogP contribution in [0, 0.1) is 0 Å². The number of hydrogen-bond donors (Lipinski definition) is 2. The molecule has 1 heterocycles. The van der Waals surface area contributed by atoms with E-state index in [0.29, 0.717) is 13.0 Å². The number of carbonyl (C=O) groups is 1. The summed E-state index contributed by atoms with van der Waals surface area (Å²) >= 11 is 0. The smallest absolute Gasteiger partial charge is 0.312 e. The molecule has 1 aliphatic heterocycles. The lowest BCUT2D eigenvalue weighted by Crippen LogP contribution is -2.31. The molecule has 0 aliphatic carbocycles. The summed E-state index contributed by atoms with van der Waals surface area (Å²) in [6.45, 7) is 0.468. The van der Waals surface area contributed by atoms with Gasteiger partial charge in [-0.15, -0.1) is 10.2 Å². The van der Waals surface area contributed by atoms with Crippen molar-refractivity contribution in [1.29, 1.82) is 0 Å². The fraction of sp³-hybridized carbons (Fsp3) is 0.400. The molecular formula is C5H8N5O. The molecule has 0 fully saturated rings. The summed E-state index contributed by atoms with van der Waals surface area (Å²) in [7, 11) is 0. The number of nitrogens with one attached hydrogen (secondary N) is 1. The van der Waals surface area contributed by atoms with Crippen LogP contribution in [0.3, 0.4) is 0 Å². The molecule has 0 aromatic rings. The molecule has 0 atom stereocenters. The van der Waals surface area contributed by atoms with Crippen LogP contribution in [-0.4, -0.2) is 24.5 Å². The summed E-state index contributed by atoms with van der Waals surface area (Å²) in [6, 6.07) is -0.530. The summed E-state index contributed by atoms with van der Waals surface area (Å²) in [5, 5.41) is 9.60. The second kappa shape index (κ2) is 3.55. The Bertz CT molecular complexity index is 209. The third-order valence-corrected chi connectivity index (χ3v) is 1.11. The van der Waals surface area contributed by atoms with Crippen LogP contribution in [0.25, 0.3) is 0 Å². The van der Waals surface area contributed by atoms with Crippen molar-refractivity contribution in [2.75, 3.05) is 6.54 Å². The van der Waals surface area contributed by atoms with Crippen LogP contribution >= 0.6 is 0 Å². The Hall–Kier alpha value is -1.59. The number of nitrogens with zero attached hydrogens (tertiary/aromatic N) is 3. The molecule has 0 saturated heterocycles. The molecule has 2 amide bonds. The van der Waals surface area contributed by atoms with Crippen molar-refractivity contribution in [3.63, 3.8) is 0 Å². The van der Waals surface area contributed by atoms with Crippen LogP contribution < -0.4 is 16.6 Å². The molecular weight excluding hydrogens is 146 g/mol. The maximum atomic E-state index is 10.2. The van der Waals surface area contributed by atoms with Crippen LogP contribution in [0.5, 0.6) is 0 Å². The Morgan fingerprint density at radius 2 is 2.55 bits per heavy atom. The molecule has 0 saturated carbocycles. The van der Waals surface area contributed by atoms with E-state index in [-0.39, 0.29) is 0 Å². The molecule has 6 nitrogen and oxygen atoms in total. The van der Waals surface area contributed by atoms with E-state index < -0.39 is 6.03 Å². The van der Waals surface area contributed by atoms with Crippen LogP contribution in [0.4, 0.5) is 4.79 Å². The molecule has 0 aromatic carbocycles. The van der Waals surface area contributed by atoms with E-state index in [2.05, 4.69) is 21.1 Å². The number of carbonyl (C=O) groups excluding carboxylic acids is 1. The van der Waals surface area contributed by atoms with Crippen molar-refractivity contribution in [1.82, 2.24) is 10.9 Å². The second-order valence-electron chi connectivity index (χ2n) is 1.97. The highest BCUT2D eigenvalue weighted by Gasteiger charge is 2.01. The van der Waals surface area contributed by atoms with Gasteiger partial charge >= 0.3 is 6.03 Å². The molecule has 0 bridgehead atoms. The van der Waals surface area contributed by atoms with E-state index >= 15 is 0 Å². The van der Waals surface area contributed by atoms with Gasteiger partial charge in [0.1, 0.15) is 0 Å². The van der Waals surface area contributed by atoms with Crippen molar-refractivity contribution in [2.24, 2.45) is 15.9 Å². The Morgan fingerprint density at radius 3 is 3.09 bits per heavy atom. The molecule has 1 radical (unpaired) electrons. The first-order valence-electron chi connectivity index (χ1n) is 3.12. The van der Waals surface area contributed by atoms with Crippen LogP contribution in [0.15, 0.2) is 10.2 Å². The highest BCUT2D eigenvalue weighted by atomic mass is 16.2. The molecule has 3 N–H and O–H groups in total. The topological polar surface area (TPSA) is 93.9 Å². The van der Waals surface area contributed by atoms with Gasteiger partial charge in [0, 0.05) is 13.0 Å². The SMILES string of the molecule is NC(=O)NCCC1=N[N]N=C1. The van der Waals surface area contributed by atoms with E-state index in [1.807, 2.05) is 0 Å². The minimum atomic E-state index is -0.530. The molecule has 11 heavy (non-hydrogen) atoms. The van der Waals surface area contributed by atoms with Gasteiger partial charge in [0.2, 0.25) is 0 Å². The van der Waals surface area contributed by atoms with Gasteiger partial charge in [-0.1, -0.05) is 0 Å². The minimum absolute atomic E-state index is 0.468. The van der Waals surface area contributed by atoms with Gasteiger partial charge in [0.05, 0.1) is 11.9 Å². The van der Waals surface area contributed by atoms with Gasteiger partial charge in [-0.2, -0.15) is 0 Å². The zero-order chi connectivity index (χ0) is 8.10. The summed E-state index contributed by atoms with van der Waals surface area (Å²) in [5.41, 5.74) is 8.96. The first-order chi connectivity index (χ1) is 5.29. The molecule has 6 heteroatoms. The quantitative estimate of drug-likeness (QED) is 0.536. The molecule has 59 valence electrons. The van der Waals surface area contributed by atoms with Gasteiger partial charge in [0.15, 0.2) is 0 Å². The second-order valence-corrected chi connectivity index (χ2v) is 1.97. The van der Waals surface area contributed by atoms with E-state index in [1.165, 1.54) is 0 Å². The third kappa shape index (κ3) is 2.65. The Kier molecular flexibility index (Phi) is 2.42. The molecule has 0 unspecified atom stereocenters. The Morgan fingerprint density at radius 1 is 1.73 bits per heavy atom. The fourth-order valence-corrected chi connectivity index (χ4v) is 0.630. The van der Waals surface area contributed by atoms with Crippen LogP contribution in [0.2, 0.25) is 0 Å². The van der Waals surface area contributed by atoms with E-state index in [9.17, 15) is 4.79 Å². The first kappa shape index (κ1) is 7.52.